The predicted molar refractivity (Wildman–Crippen MR) is 104 cm³/mol. The maximum absolute atomic E-state index is 13.5. The molecule has 1 aliphatic heterocycles. The highest BCUT2D eigenvalue weighted by Crippen LogP contribution is 2.27. The van der Waals surface area contributed by atoms with Crippen molar-refractivity contribution in [2.24, 2.45) is 11.1 Å². The highest BCUT2D eigenvalue weighted by Gasteiger charge is 2.35. The first kappa shape index (κ1) is 21.2. The lowest BCUT2D eigenvalue weighted by molar-refractivity contribution is -0.130. The monoisotopic (exact) mass is 404 g/mol. The highest BCUT2D eigenvalue weighted by molar-refractivity contribution is 5.84. The summed E-state index contributed by atoms with van der Waals surface area (Å²) in [4.78, 5) is 19.0. The molecule has 0 spiro atoms. The summed E-state index contributed by atoms with van der Waals surface area (Å²) in [5.41, 5.74) is 1.74. The second-order valence-electron chi connectivity index (χ2n) is 7.74. The van der Waals surface area contributed by atoms with E-state index in [9.17, 15) is 13.6 Å². The average Bonchev–Trinajstić information content (AvgIpc) is 3.34. The number of amides is 1. The predicted octanol–water partition coefficient (Wildman–Crippen LogP) is 2.94. The van der Waals surface area contributed by atoms with Crippen molar-refractivity contribution in [1.29, 1.82) is 5.26 Å². The van der Waals surface area contributed by atoms with E-state index in [1.807, 2.05) is 13.0 Å². The molecule has 0 radical (unpaired) electrons. The van der Waals surface area contributed by atoms with Crippen LogP contribution in [0.2, 0.25) is 0 Å². The topological polar surface area (TPSA) is 77.7 Å². The molecule has 1 aromatic carbocycles. The fourth-order valence-corrected chi connectivity index (χ4v) is 3.93. The van der Waals surface area contributed by atoms with Gasteiger partial charge in [-0.15, -0.1) is 0 Å². The Balaban J connectivity index is 1.40. The summed E-state index contributed by atoms with van der Waals surface area (Å²) >= 11 is 0. The molecule has 8 heteroatoms. The standard InChI is InChI=1S/C21H26F2N4O2/c1-14(26-29-13-15-2-5-17(22)6-3-15)16-4-7-19(8-16)25-11-21(28)27-12-18(23)9-20(27)10-24/h2-3,5-6,16,18-20,25H,4,7-9,11-13H2,1H3/b26-14+/t16-,18-,19+,20-/m0/s1. The molecule has 1 saturated heterocycles. The zero-order valence-electron chi connectivity index (χ0n) is 16.5. The van der Waals surface area contributed by atoms with Gasteiger partial charge in [0, 0.05) is 18.4 Å². The fourth-order valence-electron chi connectivity index (χ4n) is 3.93. The number of rotatable bonds is 7. The zero-order valence-corrected chi connectivity index (χ0v) is 16.5. The maximum atomic E-state index is 13.5. The molecule has 1 N–H and O–H groups in total. The average molecular weight is 404 g/mol. The normalized spacial score (nSPS) is 27.1. The third-order valence-corrected chi connectivity index (χ3v) is 5.64. The summed E-state index contributed by atoms with van der Waals surface area (Å²) in [7, 11) is 0. The maximum Gasteiger partial charge on any atom is 0.237 e. The lowest BCUT2D eigenvalue weighted by Gasteiger charge is -2.21. The molecule has 0 unspecified atom stereocenters. The van der Waals surface area contributed by atoms with Crippen molar-refractivity contribution >= 4 is 11.6 Å². The fraction of sp³-hybridized carbons (Fsp3) is 0.571. The minimum Gasteiger partial charge on any atom is -0.391 e. The molecule has 3 rings (SSSR count). The largest absolute Gasteiger partial charge is 0.391 e. The van der Waals surface area contributed by atoms with Crippen molar-refractivity contribution in [3.8, 4) is 6.07 Å². The van der Waals surface area contributed by atoms with Crippen molar-refractivity contribution in [3.05, 3.63) is 35.6 Å². The van der Waals surface area contributed by atoms with Crippen LogP contribution in [0.15, 0.2) is 29.4 Å². The summed E-state index contributed by atoms with van der Waals surface area (Å²) in [6.07, 6.45) is 1.68. The highest BCUT2D eigenvalue weighted by atomic mass is 19.1. The third-order valence-electron chi connectivity index (χ3n) is 5.64. The van der Waals surface area contributed by atoms with Crippen LogP contribution in [0, 0.1) is 23.1 Å². The Bertz CT molecular complexity index is 778. The van der Waals surface area contributed by atoms with Crippen molar-refractivity contribution in [3.63, 3.8) is 0 Å². The van der Waals surface area contributed by atoms with Gasteiger partial charge in [-0.3, -0.25) is 4.79 Å². The lowest BCUT2D eigenvalue weighted by Crippen LogP contribution is -2.43. The molecule has 4 atom stereocenters. The molecule has 2 aliphatic rings. The molecular weight excluding hydrogens is 378 g/mol. The summed E-state index contributed by atoms with van der Waals surface area (Å²) in [6, 6.07) is 7.61. The van der Waals surface area contributed by atoms with Crippen LogP contribution in [0.4, 0.5) is 8.78 Å². The summed E-state index contributed by atoms with van der Waals surface area (Å²) in [5.74, 6) is -0.244. The summed E-state index contributed by atoms with van der Waals surface area (Å²) < 4.78 is 26.4. The van der Waals surface area contributed by atoms with Gasteiger partial charge in [0.2, 0.25) is 5.91 Å². The number of hydrogen-bond donors (Lipinski definition) is 1. The van der Waals surface area contributed by atoms with Gasteiger partial charge in [-0.1, -0.05) is 17.3 Å². The van der Waals surface area contributed by atoms with E-state index in [4.69, 9.17) is 10.1 Å². The minimum atomic E-state index is -1.12. The van der Waals surface area contributed by atoms with Crippen LogP contribution in [0.1, 0.15) is 38.2 Å². The molecule has 156 valence electrons. The van der Waals surface area contributed by atoms with E-state index in [0.717, 1.165) is 30.5 Å². The molecule has 29 heavy (non-hydrogen) atoms. The molecule has 0 aromatic heterocycles. The molecule has 1 saturated carbocycles. The van der Waals surface area contributed by atoms with Crippen LogP contribution in [0.5, 0.6) is 0 Å². The first-order chi connectivity index (χ1) is 14.0. The summed E-state index contributed by atoms with van der Waals surface area (Å²) in [5, 5.41) is 16.5. The number of likely N-dealkylation sites (tertiary alicyclic amines) is 1. The number of oxime groups is 1. The first-order valence-electron chi connectivity index (χ1n) is 9.93. The number of halogens is 2. The van der Waals surface area contributed by atoms with Gasteiger partial charge in [-0.05, 0) is 43.9 Å². The van der Waals surface area contributed by atoms with Crippen LogP contribution in [0.3, 0.4) is 0 Å². The Morgan fingerprint density at radius 2 is 2.10 bits per heavy atom. The molecule has 1 heterocycles. The van der Waals surface area contributed by atoms with Crippen LogP contribution >= 0.6 is 0 Å². The number of carbonyl (C=O) groups is 1. The second-order valence-corrected chi connectivity index (χ2v) is 7.74. The number of alkyl halides is 1. The van der Waals surface area contributed by atoms with Gasteiger partial charge in [-0.25, -0.2) is 8.78 Å². The number of nitrogens with one attached hydrogen (secondary N) is 1. The van der Waals surface area contributed by atoms with E-state index in [0.29, 0.717) is 0 Å². The Kier molecular flexibility index (Phi) is 7.15. The zero-order chi connectivity index (χ0) is 20.8. The van der Waals surface area contributed by atoms with Gasteiger partial charge < -0.3 is 15.1 Å². The quantitative estimate of drug-likeness (QED) is 0.560. The number of benzene rings is 1. The minimum absolute atomic E-state index is 0.00317. The van der Waals surface area contributed by atoms with Crippen LogP contribution in [-0.4, -0.2) is 47.9 Å². The second kappa shape index (κ2) is 9.79. The Morgan fingerprint density at radius 3 is 2.83 bits per heavy atom. The van der Waals surface area contributed by atoms with E-state index in [-0.39, 0.29) is 49.8 Å². The molecule has 1 aromatic rings. The van der Waals surface area contributed by atoms with Gasteiger partial charge in [-0.2, -0.15) is 5.26 Å². The van der Waals surface area contributed by atoms with E-state index < -0.39 is 12.2 Å². The molecule has 1 amide bonds. The van der Waals surface area contributed by atoms with Crippen molar-refractivity contribution in [2.75, 3.05) is 13.1 Å². The van der Waals surface area contributed by atoms with Gasteiger partial charge in [0.25, 0.3) is 0 Å². The third kappa shape index (κ3) is 5.73. The van der Waals surface area contributed by atoms with E-state index in [1.165, 1.54) is 17.0 Å². The van der Waals surface area contributed by atoms with Crippen molar-refractivity contribution < 1.29 is 18.4 Å². The van der Waals surface area contributed by atoms with Gasteiger partial charge in [0.1, 0.15) is 24.6 Å². The SMILES string of the molecule is C/C(=N\OCc1ccc(F)cc1)[C@H]1CC[C@@H](NCC(=O)N2C[C@@H](F)C[C@H]2C#N)C1. The Morgan fingerprint density at radius 1 is 1.34 bits per heavy atom. The Labute approximate surface area is 169 Å². The van der Waals surface area contributed by atoms with Gasteiger partial charge in [0.15, 0.2) is 0 Å². The molecule has 1 aliphatic carbocycles. The van der Waals surface area contributed by atoms with Gasteiger partial charge >= 0.3 is 0 Å². The molecule has 6 nitrogen and oxygen atoms in total. The first-order valence-corrected chi connectivity index (χ1v) is 9.93. The lowest BCUT2D eigenvalue weighted by atomic mass is 10.0. The van der Waals surface area contributed by atoms with Crippen LogP contribution < -0.4 is 5.32 Å². The Hall–Kier alpha value is -2.53. The van der Waals surface area contributed by atoms with Crippen molar-refractivity contribution in [1.82, 2.24) is 10.2 Å². The summed E-state index contributed by atoms with van der Waals surface area (Å²) in [6.45, 7) is 2.32. The molecular formula is C21H26F2N4O2. The van der Waals surface area contributed by atoms with E-state index >= 15 is 0 Å². The van der Waals surface area contributed by atoms with E-state index in [2.05, 4.69) is 10.5 Å². The van der Waals surface area contributed by atoms with E-state index in [1.54, 1.807) is 12.1 Å². The molecule has 0 bridgehead atoms. The van der Waals surface area contributed by atoms with Crippen LogP contribution in [0.25, 0.3) is 0 Å². The number of hydrogen-bond acceptors (Lipinski definition) is 5. The van der Waals surface area contributed by atoms with Crippen LogP contribution in [-0.2, 0) is 16.2 Å². The number of nitriles is 1. The smallest absolute Gasteiger partial charge is 0.237 e. The number of carbonyl (C=O) groups excluding carboxylic acids is 1. The van der Waals surface area contributed by atoms with Crippen molar-refractivity contribution in [2.45, 2.75) is 57.5 Å². The number of nitrogens with zero attached hydrogens (tertiary/aromatic N) is 3. The van der Waals surface area contributed by atoms with Gasteiger partial charge in [0.05, 0.1) is 24.9 Å². The molecule has 2 fully saturated rings.